The van der Waals surface area contributed by atoms with Gasteiger partial charge in [-0.05, 0) is 84.8 Å². The lowest BCUT2D eigenvalue weighted by molar-refractivity contribution is -0.206. The minimum Gasteiger partial charge on any atom is -0.449 e. The van der Waals surface area contributed by atoms with Crippen LogP contribution in [0.4, 0.5) is 17.6 Å². The molecule has 1 atom stereocenters. The summed E-state index contributed by atoms with van der Waals surface area (Å²) in [5, 5.41) is 0. The van der Waals surface area contributed by atoms with Crippen LogP contribution in [0.5, 0.6) is 5.75 Å². The maximum atomic E-state index is 14.8. The predicted molar refractivity (Wildman–Crippen MR) is 164 cm³/mol. The molecule has 0 radical (unpaired) electrons. The number of carbonyl (C=O) groups is 2. The molecule has 238 valence electrons. The van der Waals surface area contributed by atoms with Crippen LogP contribution in [-0.2, 0) is 11.2 Å². The van der Waals surface area contributed by atoms with Crippen molar-refractivity contribution in [3.8, 4) is 16.9 Å². The molecule has 0 amide bonds. The Bertz CT molecular complexity index is 1320. The van der Waals surface area contributed by atoms with Gasteiger partial charge in [0, 0.05) is 0 Å². The van der Waals surface area contributed by atoms with Crippen LogP contribution in [0.1, 0.15) is 111 Å². The van der Waals surface area contributed by atoms with Gasteiger partial charge in [0.05, 0.1) is 11.1 Å². The molecular weight excluding hydrogens is 572 g/mol. The molecule has 0 fully saturated rings. The number of carbonyl (C=O) groups excluding carboxylic acids is 2. The third-order valence-corrected chi connectivity index (χ3v) is 7.54. The number of unbranched alkanes of at least 4 members (excludes halogenated alkanes) is 8. The number of hydrogen-bond donors (Lipinski definition) is 0. The Morgan fingerprint density at radius 3 is 1.84 bits per heavy atom. The van der Waals surface area contributed by atoms with Crippen molar-refractivity contribution in [2.45, 2.75) is 103 Å². The minimum atomic E-state index is -4.65. The molecule has 8 heteroatoms. The molecule has 0 aliphatic carbocycles. The first-order valence-corrected chi connectivity index (χ1v) is 15.6. The van der Waals surface area contributed by atoms with Crippen molar-refractivity contribution < 1.29 is 36.6 Å². The molecule has 3 rings (SSSR count). The Hall–Kier alpha value is -3.68. The van der Waals surface area contributed by atoms with Gasteiger partial charge in [0.1, 0.15) is 11.6 Å². The minimum absolute atomic E-state index is 0.0837. The van der Waals surface area contributed by atoms with Gasteiger partial charge in [-0.25, -0.2) is 14.0 Å². The van der Waals surface area contributed by atoms with E-state index in [1.165, 1.54) is 62.4 Å². The van der Waals surface area contributed by atoms with E-state index >= 15 is 0 Å². The first kappa shape index (κ1) is 34.8. The second-order valence-corrected chi connectivity index (χ2v) is 11.1. The molecule has 0 aliphatic rings. The summed E-state index contributed by atoms with van der Waals surface area (Å²) < 4.78 is 64.7. The van der Waals surface area contributed by atoms with E-state index in [1.807, 2.05) is 19.1 Å². The van der Waals surface area contributed by atoms with Crippen LogP contribution >= 0.6 is 0 Å². The molecule has 44 heavy (non-hydrogen) atoms. The number of esters is 2. The van der Waals surface area contributed by atoms with E-state index < -0.39 is 24.2 Å². The molecule has 0 aliphatic heterocycles. The topological polar surface area (TPSA) is 52.6 Å². The van der Waals surface area contributed by atoms with Crippen molar-refractivity contribution in [3.05, 3.63) is 89.2 Å². The van der Waals surface area contributed by atoms with E-state index in [4.69, 9.17) is 9.47 Å². The molecule has 0 bridgehead atoms. The molecule has 0 saturated carbocycles. The second-order valence-electron chi connectivity index (χ2n) is 11.1. The average Bonchev–Trinajstić information content (AvgIpc) is 3.00. The zero-order chi connectivity index (χ0) is 32.0. The summed E-state index contributed by atoms with van der Waals surface area (Å²) in [4.78, 5) is 25.0. The molecule has 0 unspecified atom stereocenters. The van der Waals surface area contributed by atoms with E-state index in [0.717, 1.165) is 24.8 Å². The third-order valence-electron chi connectivity index (χ3n) is 7.54. The van der Waals surface area contributed by atoms with E-state index in [0.29, 0.717) is 30.4 Å². The van der Waals surface area contributed by atoms with Crippen LogP contribution < -0.4 is 4.74 Å². The summed E-state index contributed by atoms with van der Waals surface area (Å²) in [5.41, 5.74) is 2.32. The summed E-state index contributed by atoms with van der Waals surface area (Å²) in [6, 6.07) is 16.9. The lowest BCUT2D eigenvalue weighted by Gasteiger charge is -2.20. The number of rotatable bonds is 17. The van der Waals surface area contributed by atoms with Gasteiger partial charge >= 0.3 is 18.1 Å². The highest BCUT2D eigenvalue weighted by Gasteiger charge is 2.42. The van der Waals surface area contributed by atoms with Gasteiger partial charge in [-0.2, -0.15) is 13.2 Å². The fraction of sp³-hybridized carbons (Fsp3) is 0.444. The third kappa shape index (κ3) is 11.1. The summed E-state index contributed by atoms with van der Waals surface area (Å²) >= 11 is 0. The number of hydrogen-bond acceptors (Lipinski definition) is 4. The monoisotopic (exact) mass is 614 g/mol. The van der Waals surface area contributed by atoms with Gasteiger partial charge in [-0.3, -0.25) is 0 Å². The summed E-state index contributed by atoms with van der Waals surface area (Å²) in [5.74, 6) is -1.88. The van der Waals surface area contributed by atoms with Crippen molar-refractivity contribution in [2.75, 3.05) is 0 Å². The van der Waals surface area contributed by atoms with Gasteiger partial charge in [0.15, 0.2) is 6.10 Å². The normalized spacial score (nSPS) is 12.1. The lowest BCUT2D eigenvalue weighted by Crippen LogP contribution is -2.33. The van der Waals surface area contributed by atoms with Crippen molar-refractivity contribution in [3.63, 3.8) is 0 Å². The first-order chi connectivity index (χ1) is 21.1. The Balaban J connectivity index is 1.53. The molecule has 0 saturated heterocycles. The predicted octanol–water partition coefficient (Wildman–Crippen LogP) is 10.7. The molecule has 3 aromatic carbocycles. The molecule has 0 heterocycles. The number of halogens is 4. The number of alkyl halides is 3. The summed E-state index contributed by atoms with van der Waals surface area (Å²) in [6.45, 7) is 4.07. The summed E-state index contributed by atoms with van der Waals surface area (Å²) in [7, 11) is 0. The molecule has 0 N–H and O–H groups in total. The van der Waals surface area contributed by atoms with Crippen LogP contribution in [0.2, 0.25) is 0 Å². The highest BCUT2D eigenvalue weighted by atomic mass is 19.4. The van der Waals surface area contributed by atoms with Gasteiger partial charge in [0.2, 0.25) is 0 Å². The lowest BCUT2D eigenvalue weighted by atomic mass is 9.99. The van der Waals surface area contributed by atoms with E-state index in [9.17, 15) is 27.2 Å². The van der Waals surface area contributed by atoms with E-state index in [-0.39, 0.29) is 29.1 Å². The van der Waals surface area contributed by atoms with Crippen LogP contribution in [-0.4, -0.2) is 24.2 Å². The molecule has 3 aromatic rings. The van der Waals surface area contributed by atoms with Gasteiger partial charge in [-0.15, -0.1) is 0 Å². The summed E-state index contributed by atoms with van der Waals surface area (Å²) in [6.07, 6.45) is 3.46. The first-order valence-electron chi connectivity index (χ1n) is 15.6. The Morgan fingerprint density at radius 1 is 0.682 bits per heavy atom. The fourth-order valence-corrected chi connectivity index (χ4v) is 4.89. The maximum absolute atomic E-state index is 14.8. The van der Waals surface area contributed by atoms with Gasteiger partial charge < -0.3 is 9.47 Å². The quantitative estimate of drug-likeness (QED) is 0.0657. The SMILES string of the molecule is CCCCCCCCCc1ccc(-c2ccc(C(=O)Oc3ccc(C(=O)O[C@H](CCCCC)C(F)(F)F)cc3)cc2)cc1F. The number of benzene rings is 3. The molecular formula is C36H42F4O4. The zero-order valence-electron chi connectivity index (χ0n) is 25.6. The van der Waals surface area contributed by atoms with Crippen molar-refractivity contribution in [1.82, 2.24) is 0 Å². The van der Waals surface area contributed by atoms with Crippen molar-refractivity contribution in [1.29, 1.82) is 0 Å². The second kappa shape index (κ2) is 17.6. The average molecular weight is 615 g/mol. The number of ether oxygens (including phenoxy) is 2. The fourth-order valence-electron chi connectivity index (χ4n) is 4.89. The Morgan fingerprint density at radius 2 is 1.23 bits per heavy atom. The number of aryl methyl sites for hydroxylation is 1. The van der Waals surface area contributed by atoms with Crippen molar-refractivity contribution >= 4 is 11.9 Å². The highest BCUT2D eigenvalue weighted by Crippen LogP contribution is 2.29. The van der Waals surface area contributed by atoms with Crippen LogP contribution in [0.25, 0.3) is 11.1 Å². The highest BCUT2D eigenvalue weighted by molar-refractivity contribution is 5.92. The smallest absolute Gasteiger partial charge is 0.425 e. The van der Waals surface area contributed by atoms with Gasteiger partial charge in [0.25, 0.3) is 0 Å². The van der Waals surface area contributed by atoms with Gasteiger partial charge in [-0.1, -0.05) is 89.5 Å². The van der Waals surface area contributed by atoms with Crippen LogP contribution in [0.3, 0.4) is 0 Å². The van der Waals surface area contributed by atoms with Crippen LogP contribution in [0, 0.1) is 5.82 Å². The Labute approximate surface area is 257 Å². The molecule has 0 spiro atoms. The van der Waals surface area contributed by atoms with Crippen molar-refractivity contribution in [2.24, 2.45) is 0 Å². The largest absolute Gasteiger partial charge is 0.449 e. The standard InChI is InChI=1S/C36H42F4O4/c1-3-5-7-8-9-10-12-13-27-17-20-30(25-32(27)37)26-15-18-28(19-16-26)34(41)43-31-23-21-29(22-24-31)35(42)44-33(36(38,39)40)14-11-6-4-2/h15-25,33H,3-14H2,1-2H3/t33-/m1/s1. The molecule has 4 nitrogen and oxygen atoms in total. The van der Waals surface area contributed by atoms with E-state index in [1.54, 1.807) is 24.3 Å². The molecule has 0 aromatic heterocycles. The zero-order valence-corrected chi connectivity index (χ0v) is 25.6. The van der Waals surface area contributed by atoms with E-state index in [2.05, 4.69) is 6.92 Å². The maximum Gasteiger partial charge on any atom is 0.425 e. The Kier molecular flexibility index (Phi) is 13.9. The van der Waals surface area contributed by atoms with Crippen LogP contribution in [0.15, 0.2) is 66.7 Å².